The van der Waals surface area contributed by atoms with Crippen molar-refractivity contribution in [3.05, 3.63) is 52.2 Å². The topological polar surface area (TPSA) is 70.7 Å². The number of thiophene rings is 1. The van der Waals surface area contributed by atoms with Gasteiger partial charge in [0.2, 0.25) is 5.91 Å². The highest BCUT2D eigenvalue weighted by Crippen LogP contribution is 2.14. The maximum absolute atomic E-state index is 12.3. The molecule has 27 heavy (non-hydrogen) atoms. The van der Waals surface area contributed by atoms with Crippen LogP contribution < -0.4 is 15.4 Å². The zero-order valence-corrected chi connectivity index (χ0v) is 16.3. The summed E-state index contributed by atoms with van der Waals surface area (Å²) >= 11 is 1.64. The molecule has 1 aromatic heterocycles. The third-order valence-corrected chi connectivity index (χ3v) is 5.56. The highest BCUT2D eigenvalue weighted by molar-refractivity contribution is 7.09. The Balaban J connectivity index is 1.37. The zero-order valence-electron chi connectivity index (χ0n) is 15.4. The highest BCUT2D eigenvalue weighted by Gasteiger charge is 2.22. The molecule has 0 saturated carbocycles. The molecule has 1 fully saturated rings. The fourth-order valence-corrected chi connectivity index (χ4v) is 3.75. The summed E-state index contributed by atoms with van der Waals surface area (Å²) in [5, 5.41) is 8.05. The van der Waals surface area contributed by atoms with Gasteiger partial charge in [0.05, 0.1) is 20.2 Å². The van der Waals surface area contributed by atoms with E-state index in [0.29, 0.717) is 18.7 Å². The van der Waals surface area contributed by atoms with E-state index in [1.807, 2.05) is 17.5 Å². The first-order valence-electron chi connectivity index (χ1n) is 9.10. The number of amides is 2. The minimum Gasteiger partial charge on any atom is -0.497 e. The lowest BCUT2D eigenvalue weighted by molar-refractivity contribution is -0.122. The van der Waals surface area contributed by atoms with Gasteiger partial charge in [-0.05, 0) is 48.6 Å². The van der Waals surface area contributed by atoms with Gasteiger partial charge in [-0.1, -0.05) is 6.07 Å². The second kappa shape index (κ2) is 9.53. The number of hydrogen-bond acceptors (Lipinski definition) is 5. The molecule has 7 heteroatoms. The van der Waals surface area contributed by atoms with Crippen LogP contribution in [0.1, 0.15) is 28.1 Å². The minimum atomic E-state index is -0.0650. The molecule has 2 aromatic rings. The maximum atomic E-state index is 12.3. The third-order valence-electron chi connectivity index (χ3n) is 4.68. The highest BCUT2D eigenvalue weighted by atomic mass is 32.1. The summed E-state index contributed by atoms with van der Waals surface area (Å²) < 4.78 is 5.11. The first-order chi connectivity index (χ1) is 13.1. The van der Waals surface area contributed by atoms with Crippen LogP contribution in [0.2, 0.25) is 0 Å². The van der Waals surface area contributed by atoms with Gasteiger partial charge in [-0.15, -0.1) is 11.3 Å². The summed E-state index contributed by atoms with van der Waals surface area (Å²) in [6.45, 7) is 2.61. The molecule has 0 bridgehead atoms. The molecule has 1 saturated heterocycles. The van der Waals surface area contributed by atoms with E-state index in [4.69, 9.17) is 4.74 Å². The minimum absolute atomic E-state index is 0.0455. The largest absolute Gasteiger partial charge is 0.497 e. The van der Waals surface area contributed by atoms with Crippen LogP contribution in [0.25, 0.3) is 0 Å². The van der Waals surface area contributed by atoms with Crippen LogP contribution in [-0.2, 0) is 11.3 Å². The van der Waals surface area contributed by atoms with Gasteiger partial charge in [0, 0.05) is 29.6 Å². The molecular formula is C20H25N3O3S. The average Bonchev–Trinajstić information content (AvgIpc) is 3.21. The number of ether oxygens (including phenoxy) is 1. The van der Waals surface area contributed by atoms with Crippen LogP contribution in [0.4, 0.5) is 0 Å². The Labute approximate surface area is 163 Å². The molecule has 6 nitrogen and oxygen atoms in total. The molecule has 144 valence electrons. The van der Waals surface area contributed by atoms with Gasteiger partial charge < -0.3 is 15.4 Å². The quantitative estimate of drug-likeness (QED) is 0.765. The number of hydrogen-bond donors (Lipinski definition) is 2. The van der Waals surface area contributed by atoms with Gasteiger partial charge >= 0.3 is 0 Å². The summed E-state index contributed by atoms with van der Waals surface area (Å²) in [6.07, 6.45) is 1.69. The first kappa shape index (κ1) is 19.4. The summed E-state index contributed by atoms with van der Waals surface area (Å²) in [4.78, 5) is 27.7. The normalized spacial score (nSPS) is 15.3. The van der Waals surface area contributed by atoms with E-state index in [9.17, 15) is 9.59 Å². The van der Waals surface area contributed by atoms with Crippen LogP contribution >= 0.6 is 11.3 Å². The fraction of sp³-hybridized carbons (Fsp3) is 0.400. The molecule has 2 amide bonds. The predicted molar refractivity (Wildman–Crippen MR) is 106 cm³/mol. The Bertz CT molecular complexity index is 738. The molecular weight excluding hydrogens is 362 g/mol. The molecule has 0 radical (unpaired) electrons. The zero-order chi connectivity index (χ0) is 19.1. The van der Waals surface area contributed by atoms with Gasteiger partial charge in [-0.3, -0.25) is 14.5 Å². The Hall–Kier alpha value is -2.38. The Morgan fingerprint density at radius 2 is 1.93 bits per heavy atom. The summed E-state index contributed by atoms with van der Waals surface area (Å²) in [7, 11) is 1.60. The van der Waals surface area contributed by atoms with Crippen LogP contribution in [-0.4, -0.2) is 49.5 Å². The van der Waals surface area contributed by atoms with Gasteiger partial charge in [-0.25, -0.2) is 0 Å². The van der Waals surface area contributed by atoms with E-state index in [0.717, 1.165) is 36.6 Å². The van der Waals surface area contributed by atoms with Crippen LogP contribution in [0, 0.1) is 0 Å². The van der Waals surface area contributed by atoms with Crippen LogP contribution in [0.3, 0.4) is 0 Å². The van der Waals surface area contributed by atoms with E-state index in [2.05, 4.69) is 15.5 Å². The van der Waals surface area contributed by atoms with Crippen LogP contribution in [0.5, 0.6) is 5.75 Å². The van der Waals surface area contributed by atoms with E-state index < -0.39 is 0 Å². The lowest BCUT2D eigenvalue weighted by Gasteiger charge is -2.31. The Kier molecular flexibility index (Phi) is 6.84. The van der Waals surface area contributed by atoms with E-state index in [-0.39, 0.29) is 17.9 Å². The SMILES string of the molecule is COc1ccc(C(=O)NC2CCN(CC(=O)NCc3cccs3)CC2)cc1. The number of carbonyl (C=O) groups excluding carboxylic acids is 2. The Morgan fingerprint density at radius 1 is 1.19 bits per heavy atom. The summed E-state index contributed by atoms with van der Waals surface area (Å²) in [5.74, 6) is 0.714. The summed E-state index contributed by atoms with van der Waals surface area (Å²) in [5.41, 5.74) is 0.631. The van der Waals surface area contributed by atoms with Gasteiger partial charge in [-0.2, -0.15) is 0 Å². The number of methoxy groups -OCH3 is 1. The molecule has 0 unspecified atom stereocenters. The predicted octanol–water partition coefficient (Wildman–Crippen LogP) is 2.27. The lowest BCUT2D eigenvalue weighted by Crippen LogP contribution is -2.47. The van der Waals surface area contributed by atoms with Crippen molar-refractivity contribution in [2.75, 3.05) is 26.7 Å². The van der Waals surface area contributed by atoms with Crippen molar-refractivity contribution in [3.8, 4) is 5.75 Å². The van der Waals surface area contributed by atoms with Crippen molar-refractivity contribution in [2.45, 2.75) is 25.4 Å². The molecule has 2 heterocycles. The standard InChI is InChI=1S/C20H25N3O3S/c1-26-17-6-4-15(5-7-17)20(25)22-16-8-10-23(11-9-16)14-19(24)21-13-18-3-2-12-27-18/h2-7,12,16H,8-11,13-14H2,1H3,(H,21,24)(H,22,25). The number of nitrogens with one attached hydrogen (secondary N) is 2. The van der Waals surface area contributed by atoms with E-state index in [1.165, 1.54) is 0 Å². The number of piperidine rings is 1. The van der Waals surface area contributed by atoms with Crippen molar-refractivity contribution in [1.82, 2.24) is 15.5 Å². The van der Waals surface area contributed by atoms with Crippen molar-refractivity contribution < 1.29 is 14.3 Å². The molecule has 0 atom stereocenters. The monoisotopic (exact) mass is 387 g/mol. The third kappa shape index (κ3) is 5.80. The number of likely N-dealkylation sites (tertiary alicyclic amines) is 1. The molecule has 2 N–H and O–H groups in total. The number of benzene rings is 1. The van der Waals surface area contributed by atoms with Gasteiger partial charge in [0.1, 0.15) is 5.75 Å². The van der Waals surface area contributed by atoms with Crippen molar-refractivity contribution in [2.24, 2.45) is 0 Å². The van der Waals surface area contributed by atoms with Crippen molar-refractivity contribution in [3.63, 3.8) is 0 Å². The maximum Gasteiger partial charge on any atom is 0.251 e. The second-order valence-electron chi connectivity index (χ2n) is 6.61. The first-order valence-corrected chi connectivity index (χ1v) is 9.98. The molecule has 0 spiro atoms. The molecule has 1 aliphatic heterocycles. The van der Waals surface area contributed by atoms with Crippen molar-refractivity contribution >= 4 is 23.2 Å². The van der Waals surface area contributed by atoms with Crippen molar-refractivity contribution in [1.29, 1.82) is 0 Å². The lowest BCUT2D eigenvalue weighted by atomic mass is 10.0. The number of carbonyl (C=O) groups is 2. The second-order valence-corrected chi connectivity index (χ2v) is 7.64. The molecule has 3 rings (SSSR count). The fourth-order valence-electron chi connectivity index (χ4n) is 3.10. The number of nitrogens with zero attached hydrogens (tertiary/aromatic N) is 1. The van der Waals surface area contributed by atoms with Crippen LogP contribution in [0.15, 0.2) is 41.8 Å². The number of rotatable bonds is 7. The molecule has 1 aromatic carbocycles. The Morgan fingerprint density at radius 3 is 2.56 bits per heavy atom. The van der Waals surface area contributed by atoms with E-state index in [1.54, 1.807) is 42.7 Å². The van der Waals surface area contributed by atoms with Gasteiger partial charge in [0.25, 0.3) is 5.91 Å². The summed E-state index contributed by atoms with van der Waals surface area (Å²) in [6, 6.07) is 11.2. The molecule has 1 aliphatic rings. The van der Waals surface area contributed by atoms with Gasteiger partial charge in [0.15, 0.2) is 0 Å². The smallest absolute Gasteiger partial charge is 0.251 e. The average molecular weight is 388 g/mol. The molecule has 0 aliphatic carbocycles. The van der Waals surface area contributed by atoms with E-state index >= 15 is 0 Å².